The van der Waals surface area contributed by atoms with E-state index in [-0.39, 0.29) is 11.5 Å². The maximum absolute atomic E-state index is 13.3. The van der Waals surface area contributed by atoms with Gasteiger partial charge in [0.1, 0.15) is 5.82 Å². The molecule has 7 heteroatoms. The number of likely N-dealkylation sites (tertiary alicyclic amines) is 1. The maximum Gasteiger partial charge on any atom is 0.261 e. The lowest BCUT2D eigenvalue weighted by Gasteiger charge is -2.31. The van der Waals surface area contributed by atoms with Crippen molar-refractivity contribution in [2.75, 3.05) is 13.1 Å². The number of aryl methyl sites for hydroxylation is 1. The largest absolute Gasteiger partial charge is 0.339 e. The Morgan fingerprint density at radius 2 is 1.74 bits per heavy atom. The number of hydrogen-bond donors (Lipinski definition) is 0. The fraction of sp³-hybridized carbons (Fsp3) is 0.407. The highest BCUT2D eigenvalue weighted by Crippen LogP contribution is 2.34. The molecule has 0 bridgehead atoms. The molecule has 2 aliphatic rings. The van der Waals surface area contributed by atoms with E-state index in [9.17, 15) is 9.59 Å². The van der Waals surface area contributed by atoms with E-state index in [0.29, 0.717) is 22.4 Å². The monoisotopic (exact) mass is 472 g/mol. The van der Waals surface area contributed by atoms with Crippen LogP contribution in [0.2, 0.25) is 0 Å². The summed E-state index contributed by atoms with van der Waals surface area (Å²) in [6, 6.07) is 13.7. The number of hydrogen-bond acceptors (Lipinski definition) is 5. The molecule has 34 heavy (non-hydrogen) atoms. The molecule has 1 fully saturated rings. The smallest absolute Gasteiger partial charge is 0.261 e. The molecule has 2 aromatic heterocycles. The lowest BCUT2D eigenvalue weighted by atomic mass is 9.97. The van der Waals surface area contributed by atoms with Gasteiger partial charge < -0.3 is 4.90 Å². The van der Waals surface area contributed by atoms with Gasteiger partial charge in [-0.1, -0.05) is 25.0 Å². The third-order valence-electron chi connectivity index (χ3n) is 7.26. The molecule has 4 heterocycles. The summed E-state index contributed by atoms with van der Waals surface area (Å²) >= 11 is 1.77. The summed E-state index contributed by atoms with van der Waals surface area (Å²) in [6.07, 6.45) is 7.08. The first-order chi connectivity index (χ1) is 16.7. The van der Waals surface area contributed by atoms with Crippen LogP contribution in [0.3, 0.4) is 0 Å². The Balaban J connectivity index is 1.21. The van der Waals surface area contributed by atoms with Gasteiger partial charge in [0.2, 0.25) is 0 Å². The second-order valence-corrected chi connectivity index (χ2v) is 10.5. The van der Waals surface area contributed by atoms with Gasteiger partial charge in [0.05, 0.1) is 26.1 Å². The van der Waals surface area contributed by atoms with Gasteiger partial charge in [0.15, 0.2) is 0 Å². The Morgan fingerprint density at radius 3 is 2.59 bits per heavy atom. The number of carbonyl (C=O) groups is 1. The summed E-state index contributed by atoms with van der Waals surface area (Å²) < 4.78 is 3.07. The highest BCUT2D eigenvalue weighted by atomic mass is 32.1. The minimum Gasteiger partial charge on any atom is -0.339 e. The third-order valence-corrected chi connectivity index (χ3v) is 8.45. The molecule has 4 aromatic rings. The van der Waals surface area contributed by atoms with Crippen molar-refractivity contribution in [1.82, 2.24) is 19.4 Å². The molecule has 2 aromatic carbocycles. The number of aromatic nitrogens is 3. The fourth-order valence-corrected chi connectivity index (χ4v) is 6.44. The lowest BCUT2D eigenvalue weighted by molar-refractivity contribution is 0.0713. The zero-order valence-corrected chi connectivity index (χ0v) is 20.0. The van der Waals surface area contributed by atoms with E-state index in [1.54, 1.807) is 23.5 Å². The quantitative estimate of drug-likeness (QED) is 0.405. The first-order valence-corrected chi connectivity index (χ1v) is 13.2. The molecular formula is C27H28N4O2S. The fourth-order valence-electron chi connectivity index (χ4n) is 5.30. The maximum atomic E-state index is 13.3. The number of rotatable bonds is 2. The summed E-state index contributed by atoms with van der Waals surface area (Å²) in [7, 11) is 0. The van der Waals surface area contributed by atoms with Crippen molar-refractivity contribution in [3.8, 4) is 0 Å². The number of amides is 1. The summed E-state index contributed by atoms with van der Waals surface area (Å²) in [5.41, 5.74) is 2.35. The van der Waals surface area contributed by atoms with E-state index in [1.165, 1.54) is 16.1 Å². The number of thiazole rings is 1. The highest BCUT2D eigenvalue weighted by Gasteiger charge is 2.27. The molecule has 0 atom stereocenters. The van der Waals surface area contributed by atoms with Gasteiger partial charge in [-0.25, -0.2) is 9.97 Å². The van der Waals surface area contributed by atoms with Crippen molar-refractivity contribution in [2.24, 2.45) is 0 Å². The summed E-state index contributed by atoms with van der Waals surface area (Å²) in [4.78, 5) is 38.0. The van der Waals surface area contributed by atoms with E-state index in [4.69, 9.17) is 9.97 Å². The molecule has 0 radical (unpaired) electrons. The van der Waals surface area contributed by atoms with Crippen LogP contribution in [0.15, 0.2) is 47.3 Å². The number of carbonyl (C=O) groups excluding carboxylic acids is 1. The van der Waals surface area contributed by atoms with Crippen LogP contribution in [0.4, 0.5) is 0 Å². The molecule has 0 unspecified atom stereocenters. The van der Waals surface area contributed by atoms with Gasteiger partial charge in [0, 0.05) is 37.5 Å². The highest BCUT2D eigenvalue weighted by molar-refractivity contribution is 7.18. The van der Waals surface area contributed by atoms with Crippen LogP contribution >= 0.6 is 11.3 Å². The molecule has 0 aliphatic carbocycles. The standard InChI is InChI=1S/C27H28N4O2S/c32-26(30-15-12-18(13-16-30)25-29-21-7-4-5-8-23(21)34-25)19-10-11-20-22(17-19)28-24-9-3-1-2-6-14-31(24)27(20)33/h4-5,7-8,10-11,17-18H,1-3,6,9,12-16H2. The summed E-state index contributed by atoms with van der Waals surface area (Å²) in [5.74, 6) is 1.29. The van der Waals surface area contributed by atoms with Crippen molar-refractivity contribution < 1.29 is 4.79 Å². The minimum absolute atomic E-state index is 0.0255. The predicted octanol–water partition coefficient (Wildman–Crippen LogP) is 5.14. The first-order valence-electron chi connectivity index (χ1n) is 12.4. The normalized spacial score (nSPS) is 17.5. The van der Waals surface area contributed by atoms with Crippen LogP contribution in [0.5, 0.6) is 0 Å². The van der Waals surface area contributed by atoms with Gasteiger partial charge in [-0.05, 0) is 56.0 Å². The Kier molecular flexibility index (Phi) is 5.65. The molecule has 0 spiro atoms. The van der Waals surface area contributed by atoms with Crippen molar-refractivity contribution in [3.05, 3.63) is 69.2 Å². The second-order valence-electron chi connectivity index (χ2n) is 9.47. The van der Waals surface area contributed by atoms with Gasteiger partial charge in [-0.3, -0.25) is 14.2 Å². The van der Waals surface area contributed by atoms with Crippen LogP contribution in [-0.2, 0) is 13.0 Å². The van der Waals surface area contributed by atoms with E-state index >= 15 is 0 Å². The minimum atomic E-state index is 0.0255. The molecule has 1 amide bonds. The molecule has 6 rings (SSSR count). The molecule has 2 aliphatic heterocycles. The average Bonchev–Trinajstić information content (AvgIpc) is 3.29. The SMILES string of the molecule is O=C(c1ccc2c(=O)n3c(nc2c1)CCCCCC3)N1CCC(c2nc3ccccc3s2)CC1. The second kappa shape index (κ2) is 8.95. The van der Waals surface area contributed by atoms with Crippen LogP contribution < -0.4 is 5.56 Å². The Labute approximate surface area is 202 Å². The third kappa shape index (κ3) is 3.92. The molecule has 174 valence electrons. The Hall–Kier alpha value is -3.06. The number of benzene rings is 2. The predicted molar refractivity (Wildman–Crippen MR) is 136 cm³/mol. The van der Waals surface area contributed by atoms with Crippen molar-refractivity contribution in [3.63, 3.8) is 0 Å². The van der Waals surface area contributed by atoms with Crippen molar-refractivity contribution >= 4 is 38.4 Å². The zero-order chi connectivity index (χ0) is 23.1. The molecule has 0 N–H and O–H groups in total. The number of fused-ring (bicyclic) bond motifs is 3. The van der Waals surface area contributed by atoms with Crippen molar-refractivity contribution in [1.29, 1.82) is 0 Å². The van der Waals surface area contributed by atoms with Crippen LogP contribution in [0.25, 0.3) is 21.1 Å². The zero-order valence-electron chi connectivity index (χ0n) is 19.2. The average molecular weight is 473 g/mol. The van der Waals surface area contributed by atoms with Crippen molar-refractivity contribution in [2.45, 2.75) is 57.4 Å². The van der Waals surface area contributed by atoms with Crippen LogP contribution in [0.1, 0.15) is 65.6 Å². The van der Waals surface area contributed by atoms with Gasteiger partial charge >= 0.3 is 0 Å². The van der Waals surface area contributed by atoms with Crippen LogP contribution in [-0.4, -0.2) is 38.4 Å². The number of piperidine rings is 1. The topological polar surface area (TPSA) is 68.1 Å². The van der Waals surface area contributed by atoms with Gasteiger partial charge in [0.25, 0.3) is 11.5 Å². The summed E-state index contributed by atoms with van der Waals surface area (Å²) in [6.45, 7) is 2.18. The van der Waals surface area contributed by atoms with E-state index < -0.39 is 0 Å². The summed E-state index contributed by atoms with van der Waals surface area (Å²) in [5, 5.41) is 1.79. The molecule has 6 nitrogen and oxygen atoms in total. The first kappa shape index (κ1) is 21.5. The molecular weight excluding hydrogens is 444 g/mol. The van der Waals surface area contributed by atoms with E-state index in [1.807, 2.05) is 21.6 Å². The molecule has 0 saturated carbocycles. The van der Waals surface area contributed by atoms with E-state index in [2.05, 4.69) is 18.2 Å². The lowest BCUT2D eigenvalue weighted by Crippen LogP contribution is -2.38. The van der Waals surface area contributed by atoms with Crippen LogP contribution in [0, 0.1) is 0 Å². The number of nitrogens with zero attached hydrogens (tertiary/aromatic N) is 4. The van der Waals surface area contributed by atoms with Gasteiger partial charge in [-0.2, -0.15) is 0 Å². The Bertz CT molecular complexity index is 1400. The molecule has 1 saturated heterocycles. The number of para-hydroxylation sites is 1. The van der Waals surface area contributed by atoms with E-state index in [0.717, 1.165) is 69.5 Å². The Morgan fingerprint density at radius 1 is 0.912 bits per heavy atom. The van der Waals surface area contributed by atoms with Gasteiger partial charge in [-0.15, -0.1) is 11.3 Å².